The molecule has 15 heavy (non-hydrogen) atoms. The zero-order valence-corrected chi connectivity index (χ0v) is 8.51. The maximum atomic E-state index is 12.3. The van der Waals surface area contributed by atoms with Gasteiger partial charge in [0.2, 0.25) is 0 Å². The molecule has 0 N–H and O–H groups in total. The molecule has 0 fully saturated rings. The maximum Gasteiger partial charge on any atom is 0.416 e. The number of hydrogen-bond acceptors (Lipinski definition) is 1. The van der Waals surface area contributed by atoms with Crippen LogP contribution in [0.4, 0.5) is 13.2 Å². The van der Waals surface area contributed by atoms with Crippen LogP contribution in [0.25, 0.3) is 0 Å². The normalized spacial score (nSPS) is 15.5. The van der Waals surface area contributed by atoms with E-state index in [1.165, 1.54) is 19.1 Å². The molecule has 0 spiro atoms. The van der Waals surface area contributed by atoms with Crippen LogP contribution in [0.3, 0.4) is 0 Å². The molecule has 0 unspecified atom stereocenters. The van der Waals surface area contributed by atoms with Crippen molar-refractivity contribution in [3.63, 3.8) is 0 Å². The highest BCUT2D eigenvalue weighted by molar-refractivity contribution is 5.31. The SMILES string of the molecule is C\C=C/C=C([O-])\C=C(/C=C/C)C(F)(F)F. The first-order valence-corrected chi connectivity index (χ1v) is 4.33. The van der Waals surface area contributed by atoms with Gasteiger partial charge in [-0.25, -0.2) is 0 Å². The van der Waals surface area contributed by atoms with Gasteiger partial charge in [0.05, 0.1) is 5.57 Å². The Kier molecular flexibility index (Phi) is 5.52. The lowest BCUT2D eigenvalue weighted by molar-refractivity contribution is -0.295. The first-order chi connectivity index (χ1) is 6.91. The fourth-order valence-electron chi connectivity index (χ4n) is 0.796. The molecule has 0 aliphatic heterocycles. The summed E-state index contributed by atoms with van der Waals surface area (Å²) < 4.78 is 36.9. The van der Waals surface area contributed by atoms with Crippen molar-refractivity contribution in [2.75, 3.05) is 0 Å². The molecule has 0 aromatic heterocycles. The van der Waals surface area contributed by atoms with Gasteiger partial charge in [-0.1, -0.05) is 36.5 Å². The molecular formula is C11H12F3O-. The Hall–Kier alpha value is -1.45. The van der Waals surface area contributed by atoms with Crippen LogP contribution in [0.5, 0.6) is 0 Å². The van der Waals surface area contributed by atoms with E-state index in [1.807, 2.05) is 0 Å². The summed E-state index contributed by atoms with van der Waals surface area (Å²) in [6.07, 6.45) is 2.21. The van der Waals surface area contributed by atoms with E-state index in [9.17, 15) is 18.3 Å². The summed E-state index contributed by atoms with van der Waals surface area (Å²) in [7, 11) is 0. The van der Waals surface area contributed by atoms with Crippen LogP contribution >= 0.6 is 0 Å². The standard InChI is InChI=1S/C11H13F3O/c1-3-5-7-10(15)8-9(6-4-2)11(12,13)14/h3-8,15H,1-2H3/p-1/b5-3-,6-4+,9-8+,10-7+. The molecule has 0 aliphatic rings. The molecule has 0 bridgehead atoms. The third-order valence-electron chi connectivity index (χ3n) is 1.42. The van der Waals surface area contributed by atoms with Crippen molar-refractivity contribution >= 4 is 0 Å². The lowest BCUT2D eigenvalue weighted by atomic mass is 10.2. The third kappa shape index (κ3) is 5.78. The maximum absolute atomic E-state index is 12.3. The Morgan fingerprint density at radius 2 is 1.73 bits per heavy atom. The van der Waals surface area contributed by atoms with E-state index in [4.69, 9.17) is 0 Å². The summed E-state index contributed by atoms with van der Waals surface area (Å²) in [5.41, 5.74) is -0.948. The first kappa shape index (κ1) is 13.5. The summed E-state index contributed by atoms with van der Waals surface area (Å²) in [4.78, 5) is 0. The smallest absolute Gasteiger partial charge is 0.416 e. The summed E-state index contributed by atoms with van der Waals surface area (Å²) in [5, 5.41) is 11.0. The molecule has 0 atom stereocenters. The highest BCUT2D eigenvalue weighted by Gasteiger charge is 2.30. The molecular weight excluding hydrogens is 205 g/mol. The highest BCUT2D eigenvalue weighted by Crippen LogP contribution is 2.27. The van der Waals surface area contributed by atoms with Gasteiger partial charge in [0, 0.05) is 0 Å². The van der Waals surface area contributed by atoms with E-state index >= 15 is 0 Å². The van der Waals surface area contributed by atoms with Crippen molar-refractivity contribution in [1.82, 2.24) is 0 Å². The van der Waals surface area contributed by atoms with Gasteiger partial charge in [-0.15, -0.1) is 5.76 Å². The molecule has 0 saturated heterocycles. The zero-order valence-electron chi connectivity index (χ0n) is 8.51. The molecule has 0 aromatic rings. The first-order valence-electron chi connectivity index (χ1n) is 4.33. The number of hydrogen-bond donors (Lipinski definition) is 0. The van der Waals surface area contributed by atoms with Gasteiger partial charge in [0.1, 0.15) is 0 Å². The quantitative estimate of drug-likeness (QED) is 0.526. The summed E-state index contributed by atoms with van der Waals surface area (Å²) in [5.74, 6) is -0.682. The van der Waals surface area contributed by atoms with Gasteiger partial charge >= 0.3 is 6.18 Å². The van der Waals surface area contributed by atoms with E-state index < -0.39 is 17.5 Å². The van der Waals surface area contributed by atoms with Gasteiger partial charge < -0.3 is 5.11 Å². The fraction of sp³-hybridized carbons (Fsp3) is 0.273. The average Bonchev–Trinajstić information content (AvgIpc) is 2.12. The number of rotatable bonds is 3. The van der Waals surface area contributed by atoms with E-state index in [-0.39, 0.29) is 0 Å². The van der Waals surface area contributed by atoms with Crippen molar-refractivity contribution in [3.8, 4) is 0 Å². The lowest BCUT2D eigenvalue weighted by Gasteiger charge is -2.11. The van der Waals surface area contributed by atoms with E-state index in [0.29, 0.717) is 6.08 Å². The monoisotopic (exact) mass is 217 g/mol. The Balaban J connectivity index is 5.01. The molecule has 1 nitrogen and oxygen atoms in total. The van der Waals surface area contributed by atoms with Gasteiger partial charge in [0.15, 0.2) is 0 Å². The molecule has 0 aromatic carbocycles. The minimum atomic E-state index is -4.49. The van der Waals surface area contributed by atoms with E-state index in [1.54, 1.807) is 13.0 Å². The van der Waals surface area contributed by atoms with Crippen molar-refractivity contribution in [2.45, 2.75) is 20.0 Å². The fourth-order valence-corrected chi connectivity index (χ4v) is 0.796. The molecule has 0 heterocycles. The largest absolute Gasteiger partial charge is 0.872 e. The molecule has 4 heteroatoms. The summed E-state index contributed by atoms with van der Waals surface area (Å²) >= 11 is 0. The van der Waals surface area contributed by atoms with Crippen LogP contribution in [0.1, 0.15) is 13.8 Å². The van der Waals surface area contributed by atoms with Crippen molar-refractivity contribution in [1.29, 1.82) is 0 Å². The number of halogens is 3. The minimum absolute atomic E-state index is 0.569. The molecule has 0 radical (unpaired) electrons. The van der Waals surface area contributed by atoms with Crippen molar-refractivity contribution < 1.29 is 18.3 Å². The molecule has 84 valence electrons. The van der Waals surface area contributed by atoms with E-state index in [2.05, 4.69) is 0 Å². The van der Waals surface area contributed by atoms with Gasteiger partial charge in [-0.2, -0.15) is 13.2 Å². The predicted octanol–water partition coefficient (Wildman–Crippen LogP) is 2.87. The Morgan fingerprint density at radius 3 is 2.13 bits per heavy atom. The molecule has 0 amide bonds. The van der Waals surface area contributed by atoms with Gasteiger partial charge in [0.25, 0.3) is 0 Å². The van der Waals surface area contributed by atoms with Crippen LogP contribution in [-0.2, 0) is 0 Å². The average molecular weight is 217 g/mol. The molecule has 0 saturated carbocycles. The van der Waals surface area contributed by atoms with Crippen LogP contribution in [0.2, 0.25) is 0 Å². The van der Waals surface area contributed by atoms with Gasteiger partial charge in [-0.05, 0) is 13.8 Å². The Morgan fingerprint density at radius 1 is 1.13 bits per heavy atom. The molecule has 0 rings (SSSR count). The topological polar surface area (TPSA) is 23.1 Å². The zero-order chi connectivity index (χ0) is 11.9. The lowest BCUT2D eigenvalue weighted by Crippen LogP contribution is -2.12. The van der Waals surface area contributed by atoms with Crippen LogP contribution in [0.15, 0.2) is 47.8 Å². The Labute approximate surface area is 86.9 Å². The van der Waals surface area contributed by atoms with Crippen molar-refractivity contribution in [2.24, 2.45) is 0 Å². The summed E-state index contributed by atoms with van der Waals surface area (Å²) in [6, 6.07) is 0. The third-order valence-corrected chi connectivity index (χ3v) is 1.42. The second kappa shape index (κ2) is 6.11. The summed E-state index contributed by atoms with van der Waals surface area (Å²) in [6.45, 7) is 3.13. The Bertz CT molecular complexity index is 306. The van der Waals surface area contributed by atoms with Gasteiger partial charge in [-0.3, -0.25) is 0 Å². The second-order valence-electron chi connectivity index (χ2n) is 2.69. The number of allylic oxidation sites excluding steroid dienone is 7. The van der Waals surface area contributed by atoms with Crippen LogP contribution < -0.4 is 5.11 Å². The van der Waals surface area contributed by atoms with Crippen LogP contribution in [-0.4, -0.2) is 6.18 Å². The number of alkyl halides is 3. The second-order valence-corrected chi connectivity index (χ2v) is 2.69. The predicted molar refractivity (Wildman–Crippen MR) is 51.8 cm³/mol. The molecule has 0 aliphatic carbocycles. The minimum Gasteiger partial charge on any atom is -0.872 e. The van der Waals surface area contributed by atoms with Crippen molar-refractivity contribution in [3.05, 3.63) is 47.8 Å². The van der Waals surface area contributed by atoms with E-state index in [0.717, 1.165) is 12.2 Å². The highest BCUT2D eigenvalue weighted by atomic mass is 19.4. The van der Waals surface area contributed by atoms with Crippen LogP contribution in [0, 0.1) is 0 Å².